The first-order valence-corrected chi connectivity index (χ1v) is 12.8. The highest BCUT2D eigenvalue weighted by Gasteiger charge is 2.17. The Bertz CT molecular complexity index is 1620. The monoisotopic (exact) mass is 500 g/mol. The van der Waals surface area contributed by atoms with Gasteiger partial charge in [0.25, 0.3) is 0 Å². The van der Waals surface area contributed by atoms with Crippen LogP contribution < -0.4 is 9.02 Å². The van der Waals surface area contributed by atoms with Crippen LogP contribution in [0.15, 0.2) is 139 Å². The maximum Gasteiger partial charge on any atom is 0.177 e. The van der Waals surface area contributed by atoms with Gasteiger partial charge in [0.05, 0.1) is 11.1 Å². The van der Waals surface area contributed by atoms with Gasteiger partial charge in [0.2, 0.25) is 0 Å². The van der Waals surface area contributed by atoms with Gasteiger partial charge in [-0.15, -0.1) is 0 Å². The van der Waals surface area contributed by atoms with E-state index in [0.29, 0.717) is 6.61 Å². The fourth-order valence-corrected chi connectivity index (χ4v) is 4.83. The lowest BCUT2D eigenvalue weighted by Gasteiger charge is -2.11. The van der Waals surface area contributed by atoms with Gasteiger partial charge in [-0.2, -0.15) is 4.73 Å². The second-order valence-corrected chi connectivity index (χ2v) is 9.35. The Hall–Kier alpha value is -4.48. The molecule has 4 nitrogen and oxygen atoms in total. The van der Waals surface area contributed by atoms with Crippen LogP contribution in [-0.4, -0.2) is 9.71 Å². The van der Waals surface area contributed by atoms with Gasteiger partial charge in [-0.1, -0.05) is 91.0 Å². The van der Waals surface area contributed by atoms with Crippen molar-refractivity contribution < 1.29 is 9.02 Å². The molecule has 0 fully saturated rings. The summed E-state index contributed by atoms with van der Waals surface area (Å²) in [5.41, 5.74) is 6.16. The molecule has 0 saturated carbocycles. The van der Waals surface area contributed by atoms with Crippen LogP contribution >= 0.6 is 12.0 Å². The predicted octanol–water partition coefficient (Wildman–Crippen LogP) is 8.09. The van der Waals surface area contributed by atoms with Crippen molar-refractivity contribution in [3.63, 3.8) is 0 Å². The lowest BCUT2D eigenvalue weighted by atomic mass is 9.98. The number of fused-ring (bicyclic) bond motifs is 1. The third-order valence-corrected chi connectivity index (χ3v) is 6.82. The average Bonchev–Trinajstić information content (AvgIpc) is 3.34. The lowest BCUT2D eigenvalue weighted by Crippen LogP contribution is -2.02. The standard InChI is InChI=1S/C32H24N2O2S/c1-4-12-24(13-5-1)26-20-30-31(22-34(32(30)33-21-26)36-37-28-17-8-3-9-18-28)29-19-11-10-14-25(29)23-35-27-15-6-2-7-16-27/h1-22H,23H2. The van der Waals surface area contributed by atoms with Gasteiger partial charge in [-0.25, -0.2) is 4.98 Å². The first-order chi connectivity index (χ1) is 18.3. The van der Waals surface area contributed by atoms with Crippen molar-refractivity contribution in [3.8, 4) is 28.0 Å². The predicted molar refractivity (Wildman–Crippen MR) is 150 cm³/mol. The van der Waals surface area contributed by atoms with Gasteiger partial charge < -0.3 is 9.02 Å². The largest absolute Gasteiger partial charge is 0.489 e. The lowest BCUT2D eigenvalue weighted by molar-refractivity contribution is 0.306. The van der Waals surface area contributed by atoms with Gasteiger partial charge in [-0.05, 0) is 47.0 Å². The minimum atomic E-state index is 0.457. The number of hydrogen-bond donors (Lipinski definition) is 0. The molecule has 6 rings (SSSR count). The Labute approximate surface area is 220 Å². The van der Waals surface area contributed by atoms with E-state index in [9.17, 15) is 0 Å². The summed E-state index contributed by atoms with van der Waals surface area (Å²) < 4.78 is 14.0. The van der Waals surface area contributed by atoms with Crippen LogP contribution in [0, 0.1) is 0 Å². The molecule has 4 aromatic carbocycles. The number of ether oxygens (including phenoxy) is 1. The maximum atomic E-state index is 6.16. The van der Waals surface area contributed by atoms with E-state index in [-0.39, 0.29) is 0 Å². The number of aromatic nitrogens is 2. The summed E-state index contributed by atoms with van der Waals surface area (Å²) in [6, 6.07) is 40.8. The maximum absolute atomic E-state index is 6.16. The fraction of sp³-hybridized carbons (Fsp3) is 0.0312. The van der Waals surface area contributed by atoms with Crippen molar-refractivity contribution in [3.05, 3.63) is 139 Å². The molecule has 0 atom stereocenters. The highest BCUT2D eigenvalue weighted by Crippen LogP contribution is 2.35. The van der Waals surface area contributed by atoms with Gasteiger partial charge >= 0.3 is 0 Å². The number of rotatable bonds is 8. The van der Waals surface area contributed by atoms with Crippen molar-refractivity contribution in [2.24, 2.45) is 0 Å². The van der Waals surface area contributed by atoms with E-state index in [1.54, 1.807) is 4.73 Å². The van der Waals surface area contributed by atoms with E-state index >= 15 is 0 Å². The molecular weight excluding hydrogens is 476 g/mol. The van der Waals surface area contributed by atoms with Gasteiger partial charge in [0.15, 0.2) is 5.65 Å². The topological polar surface area (TPSA) is 36.3 Å². The van der Waals surface area contributed by atoms with E-state index in [2.05, 4.69) is 36.4 Å². The molecule has 0 aliphatic rings. The molecule has 5 heteroatoms. The average molecular weight is 501 g/mol. The molecule has 2 heterocycles. The van der Waals surface area contributed by atoms with E-state index in [1.807, 2.05) is 97.3 Å². The van der Waals surface area contributed by atoms with Crippen LogP contribution in [0.4, 0.5) is 0 Å². The third-order valence-electron chi connectivity index (χ3n) is 6.12. The van der Waals surface area contributed by atoms with E-state index < -0.39 is 0 Å². The van der Waals surface area contributed by atoms with Crippen LogP contribution in [0.2, 0.25) is 0 Å². The molecule has 180 valence electrons. The Balaban J connectivity index is 1.42. The SMILES string of the molecule is c1ccc(OCc2ccccc2-c2cn(OSc3ccccc3)c3ncc(-c4ccccc4)cc23)cc1. The quantitative estimate of drug-likeness (QED) is 0.198. The van der Waals surface area contributed by atoms with Crippen LogP contribution in [0.1, 0.15) is 5.56 Å². The highest BCUT2D eigenvalue weighted by molar-refractivity contribution is 7.94. The van der Waals surface area contributed by atoms with Crippen molar-refractivity contribution in [1.29, 1.82) is 0 Å². The molecule has 0 saturated heterocycles. The molecule has 37 heavy (non-hydrogen) atoms. The molecule has 0 N–H and O–H groups in total. The van der Waals surface area contributed by atoms with E-state index in [4.69, 9.17) is 14.0 Å². The summed E-state index contributed by atoms with van der Waals surface area (Å²) in [5, 5.41) is 1.02. The summed E-state index contributed by atoms with van der Waals surface area (Å²) in [6.07, 6.45) is 3.92. The Morgan fingerprint density at radius 1 is 0.676 bits per heavy atom. The molecule has 2 aromatic heterocycles. The zero-order valence-corrected chi connectivity index (χ0v) is 20.8. The fourth-order valence-electron chi connectivity index (χ4n) is 4.29. The van der Waals surface area contributed by atoms with Gasteiger partial charge in [0.1, 0.15) is 24.4 Å². The third kappa shape index (κ3) is 5.08. The van der Waals surface area contributed by atoms with Crippen molar-refractivity contribution in [2.75, 3.05) is 0 Å². The van der Waals surface area contributed by atoms with Crippen molar-refractivity contribution in [2.45, 2.75) is 11.5 Å². The molecule has 0 unspecified atom stereocenters. The summed E-state index contributed by atoms with van der Waals surface area (Å²) in [6.45, 7) is 0.457. The van der Waals surface area contributed by atoms with Crippen molar-refractivity contribution >= 4 is 23.1 Å². The van der Waals surface area contributed by atoms with E-state index in [1.165, 1.54) is 12.0 Å². The molecule has 0 spiro atoms. The van der Waals surface area contributed by atoms with Gasteiger partial charge in [0, 0.05) is 22.7 Å². The molecule has 0 radical (unpaired) electrons. The van der Waals surface area contributed by atoms with Crippen LogP contribution in [-0.2, 0) is 6.61 Å². The van der Waals surface area contributed by atoms with Gasteiger partial charge in [-0.3, -0.25) is 0 Å². The Kier molecular flexibility index (Phi) is 6.60. The summed E-state index contributed by atoms with van der Waals surface area (Å²) in [5.74, 6) is 0.843. The number of benzene rings is 4. The zero-order chi connectivity index (χ0) is 24.9. The number of pyridine rings is 1. The minimum Gasteiger partial charge on any atom is -0.489 e. The van der Waals surface area contributed by atoms with Crippen LogP contribution in [0.5, 0.6) is 5.75 Å². The molecule has 0 aliphatic heterocycles. The number of hydrogen-bond acceptors (Lipinski definition) is 4. The highest BCUT2D eigenvalue weighted by atomic mass is 32.2. The zero-order valence-electron chi connectivity index (χ0n) is 20.0. The smallest absolute Gasteiger partial charge is 0.177 e. The summed E-state index contributed by atoms with van der Waals surface area (Å²) in [7, 11) is 0. The first-order valence-electron chi connectivity index (χ1n) is 12.1. The minimum absolute atomic E-state index is 0.457. The second-order valence-electron chi connectivity index (χ2n) is 8.56. The normalized spacial score (nSPS) is 10.9. The molecule has 0 aliphatic carbocycles. The molecule has 0 amide bonds. The summed E-state index contributed by atoms with van der Waals surface area (Å²) >= 11 is 1.31. The second kappa shape index (κ2) is 10.6. The van der Waals surface area contributed by atoms with Crippen LogP contribution in [0.3, 0.4) is 0 Å². The molecule has 6 aromatic rings. The van der Waals surface area contributed by atoms with Crippen LogP contribution in [0.25, 0.3) is 33.3 Å². The van der Waals surface area contributed by atoms with E-state index in [0.717, 1.165) is 49.5 Å². The molecule has 0 bridgehead atoms. The number of nitrogens with zero attached hydrogens (tertiary/aromatic N) is 2. The Morgan fingerprint density at radius 3 is 2.14 bits per heavy atom. The molecular formula is C32H24N2O2S. The van der Waals surface area contributed by atoms with Crippen molar-refractivity contribution in [1.82, 2.24) is 9.71 Å². The Morgan fingerprint density at radius 2 is 1.35 bits per heavy atom. The summed E-state index contributed by atoms with van der Waals surface area (Å²) in [4.78, 5) is 5.85. The first kappa shape index (κ1) is 23.0. The number of para-hydroxylation sites is 1.